The van der Waals surface area contributed by atoms with Gasteiger partial charge < -0.3 is 5.11 Å². The Labute approximate surface area is 127 Å². The molecule has 2 aromatic carbocycles. The molecule has 0 saturated heterocycles. The summed E-state index contributed by atoms with van der Waals surface area (Å²) in [4.78, 5) is 0. The molecule has 0 bridgehead atoms. The van der Waals surface area contributed by atoms with E-state index in [4.69, 9.17) is 0 Å². The normalized spacial score (nSPS) is 10.8. The van der Waals surface area contributed by atoms with Crippen LogP contribution in [-0.2, 0) is 6.42 Å². The Morgan fingerprint density at radius 3 is 2.53 bits per heavy atom. The number of rotatable bonds is 4. The summed E-state index contributed by atoms with van der Waals surface area (Å²) in [5.74, 6) is 0.329. The minimum Gasteiger partial charge on any atom is -0.506 e. The van der Waals surface area contributed by atoms with Crippen molar-refractivity contribution in [1.29, 1.82) is 0 Å². The van der Waals surface area contributed by atoms with Gasteiger partial charge in [-0.15, -0.1) is 0 Å². The predicted octanol–water partition coefficient (Wildman–Crippen LogP) is 4.79. The summed E-state index contributed by atoms with van der Waals surface area (Å²) in [5.41, 5.74) is 3.29. The third kappa shape index (κ3) is 3.70. The molecule has 0 heterocycles. The van der Waals surface area contributed by atoms with Crippen LogP contribution < -0.4 is 0 Å². The summed E-state index contributed by atoms with van der Waals surface area (Å²) >= 11 is 2.16. The van der Waals surface area contributed by atoms with Crippen molar-refractivity contribution in [3.05, 3.63) is 81.5 Å². The predicted molar refractivity (Wildman–Crippen MR) is 89.3 cm³/mol. The first-order valence-corrected chi connectivity index (χ1v) is 7.13. The summed E-state index contributed by atoms with van der Waals surface area (Å²) in [5, 5.41) is 10.0. The number of benzene rings is 2. The summed E-state index contributed by atoms with van der Waals surface area (Å²) in [6, 6.07) is 14.4. The van der Waals surface area contributed by atoms with Gasteiger partial charge in [0.1, 0.15) is 5.75 Å². The van der Waals surface area contributed by atoms with Crippen LogP contribution in [0.4, 0.5) is 0 Å². The van der Waals surface area contributed by atoms with E-state index >= 15 is 0 Å². The molecule has 0 aliphatic carbocycles. The number of phenolic OH excluding ortho intramolecular Hbond substituents is 1. The van der Waals surface area contributed by atoms with Crippen LogP contribution in [0.2, 0.25) is 0 Å². The second kappa shape index (κ2) is 6.57. The molecule has 2 heteroatoms. The lowest BCUT2D eigenvalue weighted by molar-refractivity contribution is 0.470. The molecule has 0 aliphatic heterocycles. The Balaban J connectivity index is 2.34. The average Bonchev–Trinajstić information content (AvgIpc) is 2.42. The van der Waals surface area contributed by atoms with Crippen molar-refractivity contribution < 1.29 is 5.11 Å². The van der Waals surface area contributed by atoms with Crippen molar-refractivity contribution in [1.82, 2.24) is 0 Å². The summed E-state index contributed by atoms with van der Waals surface area (Å²) in [7, 11) is 0. The average molecular weight is 362 g/mol. The van der Waals surface area contributed by atoms with Gasteiger partial charge in [-0.3, -0.25) is 0 Å². The highest BCUT2D eigenvalue weighted by molar-refractivity contribution is 14.1. The van der Waals surface area contributed by atoms with Crippen molar-refractivity contribution in [3.63, 3.8) is 0 Å². The quantitative estimate of drug-likeness (QED) is 0.613. The van der Waals surface area contributed by atoms with Crippen molar-refractivity contribution in [3.8, 4) is 5.75 Å². The molecular weight excluding hydrogens is 347 g/mol. The number of halogens is 1. The fourth-order valence-electron chi connectivity index (χ4n) is 1.91. The maximum atomic E-state index is 10.0. The zero-order valence-corrected chi connectivity index (χ0v) is 12.7. The minimum atomic E-state index is 0.329. The first-order chi connectivity index (χ1) is 9.20. The van der Waals surface area contributed by atoms with E-state index in [0.717, 1.165) is 15.6 Å². The highest BCUT2D eigenvalue weighted by atomic mass is 127. The van der Waals surface area contributed by atoms with Gasteiger partial charge in [0, 0.05) is 5.56 Å². The molecule has 0 aromatic heterocycles. The summed E-state index contributed by atoms with van der Waals surface area (Å²) in [6.07, 6.45) is 6.28. The minimum absolute atomic E-state index is 0.329. The molecular formula is C17H15IO. The molecule has 96 valence electrons. The molecule has 0 saturated carbocycles. The van der Waals surface area contributed by atoms with Crippen molar-refractivity contribution >= 4 is 28.7 Å². The van der Waals surface area contributed by atoms with Crippen LogP contribution in [-0.4, -0.2) is 5.11 Å². The second-order valence-electron chi connectivity index (χ2n) is 4.27. The van der Waals surface area contributed by atoms with E-state index in [1.54, 1.807) is 6.08 Å². The van der Waals surface area contributed by atoms with Gasteiger partial charge in [0.25, 0.3) is 0 Å². The smallest absolute Gasteiger partial charge is 0.136 e. The molecule has 0 aliphatic rings. The third-order valence-corrected chi connectivity index (χ3v) is 3.64. The van der Waals surface area contributed by atoms with Crippen LogP contribution >= 0.6 is 22.6 Å². The highest BCUT2D eigenvalue weighted by Crippen LogP contribution is 2.28. The standard InChI is InChI=1S/C17H15IO/c1-2-3-9-15-11-14(12-16(18)17(15)19)10-13-7-5-4-6-8-13/h2-9,11-12,19H,1,10H2/b9-3+. The monoisotopic (exact) mass is 362 g/mol. The van der Waals surface area contributed by atoms with E-state index in [-0.39, 0.29) is 0 Å². The number of aromatic hydroxyl groups is 1. The first kappa shape index (κ1) is 13.9. The van der Waals surface area contributed by atoms with E-state index in [1.165, 1.54) is 11.1 Å². The Bertz CT molecular complexity index is 600. The Hall–Kier alpha value is -1.55. The first-order valence-electron chi connectivity index (χ1n) is 6.05. The lowest BCUT2D eigenvalue weighted by Gasteiger charge is -2.07. The molecule has 0 spiro atoms. The zero-order valence-electron chi connectivity index (χ0n) is 10.5. The molecule has 0 radical (unpaired) electrons. The van der Waals surface area contributed by atoms with Crippen molar-refractivity contribution in [2.75, 3.05) is 0 Å². The van der Waals surface area contributed by atoms with Crippen LogP contribution in [0.1, 0.15) is 16.7 Å². The van der Waals surface area contributed by atoms with E-state index in [0.29, 0.717) is 5.75 Å². The SMILES string of the molecule is C=C/C=C/c1cc(Cc2ccccc2)cc(I)c1O. The molecule has 1 N–H and O–H groups in total. The number of hydrogen-bond acceptors (Lipinski definition) is 1. The molecule has 0 amide bonds. The third-order valence-electron chi connectivity index (χ3n) is 2.82. The van der Waals surface area contributed by atoms with E-state index in [1.807, 2.05) is 42.5 Å². The van der Waals surface area contributed by atoms with Gasteiger partial charge in [0.15, 0.2) is 0 Å². The van der Waals surface area contributed by atoms with Crippen LogP contribution in [0.5, 0.6) is 5.75 Å². The second-order valence-corrected chi connectivity index (χ2v) is 5.43. The summed E-state index contributed by atoms with van der Waals surface area (Å²) < 4.78 is 0.870. The Kier molecular flexibility index (Phi) is 4.80. The number of allylic oxidation sites excluding steroid dienone is 2. The fourth-order valence-corrected chi connectivity index (χ4v) is 2.62. The van der Waals surface area contributed by atoms with Gasteiger partial charge in [-0.1, -0.05) is 55.1 Å². The Morgan fingerprint density at radius 1 is 1.11 bits per heavy atom. The van der Waals surface area contributed by atoms with Gasteiger partial charge in [-0.05, 0) is 52.3 Å². The summed E-state index contributed by atoms with van der Waals surface area (Å²) in [6.45, 7) is 3.65. The molecule has 0 unspecified atom stereocenters. The highest BCUT2D eigenvalue weighted by Gasteiger charge is 2.06. The van der Waals surface area contributed by atoms with E-state index in [2.05, 4.69) is 41.3 Å². The van der Waals surface area contributed by atoms with Gasteiger partial charge in [-0.2, -0.15) is 0 Å². The number of hydrogen-bond donors (Lipinski definition) is 1. The Morgan fingerprint density at radius 2 is 1.84 bits per heavy atom. The van der Waals surface area contributed by atoms with Crippen molar-refractivity contribution in [2.45, 2.75) is 6.42 Å². The van der Waals surface area contributed by atoms with Crippen molar-refractivity contribution in [2.24, 2.45) is 0 Å². The van der Waals surface area contributed by atoms with E-state index < -0.39 is 0 Å². The van der Waals surface area contributed by atoms with Crippen LogP contribution in [0, 0.1) is 3.57 Å². The molecule has 19 heavy (non-hydrogen) atoms. The molecule has 0 fully saturated rings. The number of phenols is 1. The zero-order chi connectivity index (χ0) is 13.7. The van der Waals surface area contributed by atoms with Gasteiger partial charge in [0.2, 0.25) is 0 Å². The van der Waals surface area contributed by atoms with Gasteiger partial charge in [-0.25, -0.2) is 0 Å². The fraction of sp³-hybridized carbons (Fsp3) is 0.0588. The van der Waals surface area contributed by atoms with Crippen LogP contribution in [0.25, 0.3) is 6.08 Å². The lowest BCUT2D eigenvalue weighted by Crippen LogP contribution is -1.91. The van der Waals surface area contributed by atoms with E-state index in [9.17, 15) is 5.11 Å². The maximum Gasteiger partial charge on any atom is 0.136 e. The molecule has 2 rings (SSSR count). The van der Waals surface area contributed by atoms with Gasteiger partial charge in [0.05, 0.1) is 3.57 Å². The molecule has 0 atom stereocenters. The van der Waals surface area contributed by atoms with Crippen LogP contribution in [0.3, 0.4) is 0 Å². The topological polar surface area (TPSA) is 20.2 Å². The van der Waals surface area contributed by atoms with Gasteiger partial charge >= 0.3 is 0 Å². The van der Waals surface area contributed by atoms with Crippen LogP contribution in [0.15, 0.2) is 61.2 Å². The largest absolute Gasteiger partial charge is 0.506 e. The maximum absolute atomic E-state index is 10.0. The molecule has 1 nitrogen and oxygen atoms in total. The molecule has 2 aromatic rings. The lowest BCUT2D eigenvalue weighted by atomic mass is 10.0.